The Balaban J connectivity index is 1.53. The first-order chi connectivity index (χ1) is 16.0. The number of para-hydroxylation sites is 1. The van der Waals surface area contributed by atoms with Gasteiger partial charge in [-0.05, 0) is 37.1 Å². The van der Waals surface area contributed by atoms with E-state index < -0.39 is 0 Å². The number of carbonyl (C=O) groups excluding carboxylic acids is 3. The van der Waals surface area contributed by atoms with Gasteiger partial charge >= 0.3 is 0 Å². The molecule has 1 aliphatic rings. The first-order valence-electron chi connectivity index (χ1n) is 11.2. The monoisotopic (exact) mass is 453 g/mol. The summed E-state index contributed by atoms with van der Waals surface area (Å²) in [6, 6.07) is 12.0. The van der Waals surface area contributed by atoms with Crippen LogP contribution in [0.5, 0.6) is 11.5 Å². The van der Waals surface area contributed by atoms with E-state index in [2.05, 4.69) is 16.0 Å². The SMILES string of the molecule is COc1cc(OC)cc(C(=O)NCCC(=O)Nc2ccccc2C(=O)NC2CCCCC2)c1. The zero-order valence-corrected chi connectivity index (χ0v) is 19.1. The zero-order valence-electron chi connectivity index (χ0n) is 19.1. The Morgan fingerprint density at radius 3 is 2.24 bits per heavy atom. The fraction of sp³-hybridized carbons (Fsp3) is 0.400. The fourth-order valence-electron chi connectivity index (χ4n) is 3.84. The molecule has 0 unspecified atom stereocenters. The van der Waals surface area contributed by atoms with Crippen LogP contribution in [0.4, 0.5) is 5.69 Å². The summed E-state index contributed by atoms with van der Waals surface area (Å²) in [6.45, 7) is 0.140. The van der Waals surface area contributed by atoms with Gasteiger partial charge in [0, 0.05) is 30.6 Å². The standard InChI is InChI=1S/C25H31N3O5/c1-32-19-14-17(15-20(16-19)33-2)24(30)26-13-12-23(29)28-22-11-7-6-10-21(22)25(31)27-18-8-4-3-5-9-18/h6-7,10-11,14-16,18H,3-5,8-9,12-13H2,1-2H3,(H,26,30)(H,27,31)(H,28,29). The van der Waals surface area contributed by atoms with E-state index in [9.17, 15) is 14.4 Å². The molecule has 1 fully saturated rings. The topological polar surface area (TPSA) is 106 Å². The molecule has 0 aliphatic heterocycles. The van der Waals surface area contributed by atoms with Crippen molar-refractivity contribution >= 4 is 23.4 Å². The lowest BCUT2D eigenvalue weighted by atomic mass is 9.95. The Kier molecular flexibility index (Phi) is 8.69. The van der Waals surface area contributed by atoms with Crippen LogP contribution in [0.25, 0.3) is 0 Å². The number of anilines is 1. The lowest BCUT2D eigenvalue weighted by Crippen LogP contribution is -2.36. The number of rotatable bonds is 9. The maximum atomic E-state index is 12.7. The van der Waals surface area contributed by atoms with Crippen LogP contribution in [-0.4, -0.2) is 44.5 Å². The molecule has 0 saturated heterocycles. The third kappa shape index (κ3) is 6.97. The van der Waals surface area contributed by atoms with Crippen molar-refractivity contribution in [2.45, 2.75) is 44.6 Å². The van der Waals surface area contributed by atoms with E-state index in [-0.39, 0.29) is 36.7 Å². The molecule has 0 aromatic heterocycles. The van der Waals surface area contributed by atoms with E-state index in [0.717, 1.165) is 25.7 Å². The second kappa shape index (κ2) is 11.9. The molecule has 2 aromatic carbocycles. The lowest BCUT2D eigenvalue weighted by Gasteiger charge is -2.23. The van der Waals surface area contributed by atoms with E-state index in [1.807, 2.05) is 0 Å². The van der Waals surface area contributed by atoms with Crippen molar-refractivity contribution in [1.82, 2.24) is 10.6 Å². The maximum absolute atomic E-state index is 12.7. The van der Waals surface area contributed by atoms with E-state index in [1.54, 1.807) is 42.5 Å². The fourth-order valence-corrected chi connectivity index (χ4v) is 3.84. The van der Waals surface area contributed by atoms with Gasteiger partial charge in [-0.3, -0.25) is 14.4 Å². The van der Waals surface area contributed by atoms with E-state index in [0.29, 0.717) is 28.3 Å². The summed E-state index contributed by atoms with van der Waals surface area (Å²) in [5, 5.41) is 8.58. The van der Waals surface area contributed by atoms with Crippen LogP contribution >= 0.6 is 0 Å². The van der Waals surface area contributed by atoms with Gasteiger partial charge in [0.25, 0.3) is 11.8 Å². The van der Waals surface area contributed by atoms with Crippen molar-refractivity contribution in [2.24, 2.45) is 0 Å². The third-order valence-electron chi connectivity index (χ3n) is 5.64. The highest BCUT2D eigenvalue weighted by Gasteiger charge is 2.19. The molecule has 0 bridgehead atoms. The second-order valence-electron chi connectivity index (χ2n) is 8.01. The molecule has 0 spiro atoms. The molecule has 1 saturated carbocycles. The van der Waals surface area contributed by atoms with Crippen molar-refractivity contribution in [3.05, 3.63) is 53.6 Å². The minimum absolute atomic E-state index is 0.0609. The normalized spacial score (nSPS) is 13.6. The van der Waals surface area contributed by atoms with Crippen LogP contribution in [0.2, 0.25) is 0 Å². The molecule has 0 radical (unpaired) electrons. The summed E-state index contributed by atoms with van der Waals surface area (Å²) >= 11 is 0. The number of ether oxygens (including phenoxy) is 2. The first-order valence-corrected chi connectivity index (χ1v) is 11.2. The van der Waals surface area contributed by atoms with Gasteiger partial charge in [0.15, 0.2) is 0 Å². The Labute approximate surface area is 194 Å². The van der Waals surface area contributed by atoms with Crippen molar-refractivity contribution < 1.29 is 23.9 Å². The first kappa shape index (κ1) is 24.1. The van der Waals surface area contributed by atoms with Crippen LogP contribution in [0.15, 0.2) is 42.5 Å². The summed E-state index contributed by atoms with van der Waals surface area (Å²) in [6.07, 6.45) is 5.49. The highest BCUT2D eigenvalue weighted by atomic mass is 16.5. The summed E-state index contributed by atoms with van der Waals surface area (Å²) in [5.41, 5.74) is 1.26. The van der Waals surface area contributed by atoms with Gasteiger partial charge in [0.2, 0.25) is 5.91 Å². The molecule has 0 atom stereocenters. The highest BCUT2D eigenvalue weighted by molar-refractivity contribution is 6.04. The predicted molar refractivity (Wildman–Crippen MR) is 126 cm³/mol. The average Bonchev–Trinajstić information content (AvgIpc) is 2.84. The molecular weight excluding hydrogens is 422 g/mol. The largest absolute Gasteiger partial charge is 0.497 e. The minimum atomic E-state index is -0.341. The van der Waals surface area contributed by atoms with Crippen molar-refractivity contribution in [1.29, 1.82) is 0 Å². The van der Waals surface area contributed by atoms with Gasteiger partial charge in [0.1, 0.15) is 11.5 Å². The number of hydrogen-bond donors (Lipinski definition) is 3. The molecule has 3 amide bonds. The number of hydrogen-bond acceptors (Lipinski definition) is 5. The summed E-state index contributed by atoms with van der Waals surface area (Å²) in [7, 11) is 3.02. The van der Waals surface area contributed by atoms with Gasteiger partial charge in [-0.15, -0.1) is 0 Å². The van der Waals surface area contributed by atoms with Crippen LogP contribution in [0.3, 0.4) is 0 Å². The average molecular weight is 454 g/mol. The Morgan fingerprint density at radius 2 is 1.58 bits per heavy atom. The van der Waals surface area contributed by atoms with Gasteiger partial charge in [-0.2, -0.15) is 0 Å². The summed E-state index contributed by atoms with van der Waals surface area (Å²) < 4.78 is 10.4. The number of methoxy groups -OCH3 is 2. The number of amides is 3. The third-order valence-corrected chi connectivity index (χ3v) is 5.64. The summed E-state index contributed by atoms with van der Waals surface area (Å²) in [5.74, 6) is 0.183. The van der Waals surface area contributed by atoms with Gasteiger partial charge < -0.3 is 25.4 Å². The van der Waals surface area contributed by atoms with Crippen molar-refractivity contribution in [2.75, 3.05) is 26.1 Å². The Morgan fingerprint density at radius 1 is 0.909 bits per heavy atom. The molecule has 2 aromatic rings. The van der Waals surface area contributed by atoms with E-state index in [1.165, 1.54) is 20.6 Å². The van der Waals surface area contributed by atoms with Gasteiger partial charge in [0.05, 0.1) is 25.5 Å². The summed E-state index contributed by atoms with van der Waals surface area (Å²) in [4.78, 5) is 37.6. The molecular formula is C25H31N3O5. The van der Waals surface area contributed by atoms with Crippen molar-refractivity contribution in [3.63, 3.8) is 0 Å². The predicted octanol–water partition coefficient (Wildman–Crippen LogP) is 3.52. The zero-order chi connectivity index (χ0) is 23.6. The molecule has 3 rings (SSSR count). The molecule has 176 valence electrons. The van der Waals surface area contributed by atoms with Crippen LogP contribution in [-0.2, 0) is 4.79 Å². The van der Waals surface area contributed by atoms with Crippen LogP contribution in [0.1, 0.15) is 59.2 Å². The molecule has 33 heavy (non-hydrogen) atoms. The minimum Gasteiger partial charge on any atom is -0.497 e. The number of benzene rings is 2. The van der Waals surface area contributed by atoms with E-state index >= 15 is 0 Å². The molecule has 1 aliphatic carbocycles. The molecule has 8 heteroatoms. The quantitative estimate of drug-likeness (QED) is 0.539. The Hall–Kier alpha value is -3.55. The number of carbonyl (C=O) groups is 3. The van der Waals surface area contributed by atoms with E-state index in [4.69, 9.17) is 9.47 Å². The smallest absolute Gasteiger partial charge is 0.253 e. The lowest BCUT2D eigenvalue weighted by molar-refractivity contribution is -0.116. The van der Waals surface area contributed by atoms with Gasteiger partial charge in [-0.1, -0.05) is 31.4 Å². The molecule has 8 nitrogen and oxygen atoms in total. The van der Waals surface area contributed by atoms with Crippen molar-refractivity contribution in [3.8, 4) is 11.5 Å². The number of nitrogens with one attached hydrogen (secondary N) is 3. The molecule has 3 N–H and O–H groups in total. The second-order valence-corrected chi connectivity index (χ2v) is 8.01. The van der Waals surface area contributed by atoms with Crippen LogP contribution < -0.4 is 25.4 Å². The molecule has 0 heterocycles. The Bertz CT molecular complexity index is 964. The van der Waals surface area contributed by atoms with Crippen LogP contribution in [0, 0.1) is 0 Å². The maximum Gasteiger partial charge on any atom is 0.253 e. The highest BCUT2D eigenvalue weighted by Crippen LogP contribution is 2.23. The van der Waals surface area contributed by atoms with Gasteiger partial charge in [-0.25, -0.2) is 0 Å².